The predicted molar refractivity (Wildman–Crippen MR) is 272 cm³/mol. The van der Waals surface area contributed by atoms with Gasteiger partial charge in [-0.15, -0.1) is 0 Å². The van der Waals surface area contributed by atoms with Crippen LogP contribution in [0.1, 0.15) is 107 Å². The van der Waals surface area contributed by atoms with Crippen LogP contribution in [0, 0.1) is 51.2 Å². The van der Waals surface area contributed by atoms with Crippen LogP contribution >= 0.6 is 0 Å². The van der Waals surface area contributed by atoms with Crippen molar-refractivity contribution in [3.63, 3.8) is 0 Å². The molecule has 0 spiro atoms. The Labute approximate surface area is 461 Å². The number of hydrogen-bond donors (Lipinski definition) is 16. The van der Waals surface area contributed by atoms with Gasteiger partial charge >= 0.3 is 0 Å². The van der Waals surface area contributed by atoms with Gasteiger partial charge in [0.05, 0.1) is 69.2 Å². The molecular weight excluding hydrogens is 1040 g/mol. The smallest absolute Gasteiger partial charge is 0.187 e. The first-order chi connectivity index (χ1) is 37.0. The summed E-state index contributed by atoms with van der Waals surface area (Å²) in [7, 11) is 0. The maximum atomic E-state index is 12.7. The summed E-state index contributed by atoms with van der Waals surface area (Å²) in [5, 5.41) is 172. The molecule has 79 heavy (non-hydrogen) atoms. The molecule has 0 radical (unpaired) electrons. The Bertz CT molecular complexity index is 2040. The lowest BCUT2D eigenvalue weighted by Crippen LogP contribution is -2.65. The number of fused-ring (bicyclic) bond motifs is 5. The maximum Gasteiger partial charge on any atom is 0.187 e. The van der Waals surface area contributed by atoms with Gasteiger partial charge < -0.3 is 120 Å². The molecule has 8 rings (SSSR count). The highest BCUT2D eigenvalue weighted by Gasteiger charge is 2.70. The highest BCUT2D eigenvalue weighted by molar-refractivity contribution is 5.32. The van der Waals surface area contributed by atoms with Gasteiger partial charge in [0.25, 0.3) is 0 Å². The van der Waals surface area contributed by atoms with Gasteiger partial charge in [-0.2, -0.15) is 0 Å². The van der Waals surface area contributed by atoms with E-state index in [4.69, 9.17) is 37.9 Å². The van der Waals surface area contributed by atoms with Crippen molar-refractivity contribution in [2.24, 2.45) is 51.2 Å². The third kappa shape index (κ3) is 11.3. The monoisotopic (exact) mass is 1140 g/mol. The molecule has 3 unspecified atom stereocenters. The molecule has 0 bridgehead atoms. The van der Waals surface area contributed by atoms with E-state index in [1.807, 2.05) is 0 Å². The minimum absolute atomic E-state index is 0.0175. The third-order valence-corrected chi connectivity index (χ3v) is 21.2. The van der Waals surface area contributed by atoms with Crippen molar-refractivity contribution in [1.29, 1.82) is 0 Å². The third-order valence-electron chi connectivity index (χ3n) is 21.2. The second-order valence-electron chi connectivity index (χ2n) is 26.2. The van der Waals surface area contributed by atoms with Crippen molar-refractivity contribution in [1.82, 2.24) is 0 Å². The summed E-state index contributed by atoms with van der Waals surface area (Å²) in [6.07, 6.45) is -24.4. The van der Waals surface area contributed by atoms with Crippen molar-refractivity contribution < 1.29 is 120 Å². The summed E-state index contributed by atoms with van der Waals surface area (Å²) in [4.78, 5) is 0. The number of rotatable bonds is 18. The zero-order valence-electron chi connectivity index (χ0n) is 46.8. The normalized spacial score (nSPS) is 50.9. The van der Waals surface area contributed by atoms with Crippen LogP contribution in [-0.2, 0) is 37.9 Å². The van der Waals surface area contributed by atoms with E-state index in [1.165, 1.54) is 0 Å². The maximum absolute atomic E-state index is 12.7. The van der Waals surface area contributed by atoms with Gasteiger partial charge in [0.1, 0.15) is 79.4 Å². The Morgan fingerprint density at radius 3 is 1.70 bits per heavy atom. The molecule has 4 heterocycles. The minimum Gasteiger partial charge on any atom is -0.394 e. The average molecular weight is 1140 g/mol. The van der Waals surface area contributed by atoms with E-state index in [9.17, 15) is 81.7 Å². The van der Waals surface area contributed by atoms with Gasteiger partial charge in [-0.1, -0.05) is 53.2 Å². The first kappa shape index (κ1) is 63.8. The molecule has 8 aliphatic rings. The van der Waals surface area contributed by atoms with Crippen LogP contribution in [0.15, 0.2) is 11.6 Å². The summed E-state index contributed by atoms with van der Waals surface area (Å²) >= 11 is 0. The molecule has 0 aromatic carbocycles. The van der Waals surface area contributed by atoms with Gasteiger partial charge in [-0.3, -0.25) is 0 Å². The summed E-state index contributed by atoms with van der Waals surface area (Å²) in [5.41, 5.74) is -2.04. The van der Waals surface area contributed by atoms with Crippen molar-refractivity contribution in [3.8, 4) is 0 Å². The molecule has 0 aromatic rings. The number of ether oxygens (including phenoxy) is 8. The number of aliphatic hydroxyl groups is 16. The molecule has 16 N–H and O–H groups in total. The van der Waals surface area contributed by atoms with Crippen LogP contribution in [-0.4, -0.2) is 255 Å². The summed E-state index contributed by atoms with van der Waals surface area (Å²) in [5.74, 6) is -0.760. The van der Waals surface area contributed by atoms with E-state index in [0.29, 0.717) is 32.1 Å². The Morgan fingerprint density at radius 1 is 0.595 bits per heavy atom. The quantitative estimate of drug-likeness (QED) is 0.0609. The number of aliphatic hydroxyl groups excluding tert-OH is 15. The van der Waals surface area contributed by atoms with Crippen molar-refractivity contribution in [2.45, 2.75) is 247 Å². The van der Waals surface area contributed by atoms with Gasteiger partial charge in [-0.05, 0) is 99.7 Å². The molecule has 4 aliphatic carbocycles. The Hall–Kier alpha value is -1.22. The molecule has 458 valence electrons. The Morgan fingerprint density at radius 2 is 1.11 bits per heavy atom. The summed E-state index contributed by atoms with van der Waals surface area (Å²) in [6.45, 7) is 13.2. The highest BCUT2D eigenvalue weighted by atomic mass is 16.8. The van der Waals surface area contributed by atoms with Crippen LogP contribution in [0.2, 0.25) is 0 Å². The van der Waals surface area contributed by atoms with Crippen molar-refractivity contribution >= 4 is 0 Å². The first-order valence-electron chi connectivity index (χ1n) is 28.5. The molecule has 7 fully saturated rings. The molecule has 0 aromatic heterocycles. The van der Waals surface area contributed by atoms with Crippen LogP contribution in [0.5, 0.6) is 0 Å². The van der Waals surface area contributed by atoms with Crippen LogP contribution in [0.4, 0.5) is 0 Å². The lowest BCUT2D eigenvalue weighted by Gasteiger charge is -2.67. The average Bonchev–Trinajstić information content (AvgIpc) is 3.97. The van der Waals surface area contributed by atoms with Crippen LogP contribution in [0.3, 0.4) is 0 Å². The molecule has 30 atom stereocenters. The molecule has 3 saturated carbocycles. The van der Waals surface area contributed by atoms with E-state index in [1.54, 1.807) is 13.8 Å². The van der Waals surface area contributed by atoms with Gasteiger partial charge in [0.15, 0.2) is 25.2 Å². The van der Waals surface area contributed by atoms with Crippen LogP contribution in [0.25, 0.3) is 0 Å². The minimum atomic E-state index is -1.85. The first-order valence-corrected chi connectivity index (χ1v) is 28.5. The molecule has 0 amide bonds. The zero-order valence-corrected chi connectivity index (χ0v) is 46.8. The number of allylic oxidation sites excluding steroid dienone is 1. The second-order valence-corrected chi connectivity index (χ2v) is 26.2. The molecule has 4 saturated heterocycles. The van der Waals surface area contributed by atoms with E-state index in [-0.39, 0.29) is 40.9 Å². The van der Waals surface area contributed by atoms with Crippen molar-refractivity contribution in [2.75, 3.05) is 33.0 Å². The summed E-state index contributed by atoms with van der Waals surface area (Å²) < 4.78 is 47.7. The number of hydrogen-bond acceptors (Lipinski definition) is 24. The van der Waals surface area contributed by atoms with Crippen LogP contribution < -0.4 is 0 Å². The molecular formula is C55H94O24. The van der Waals surface area contributed by atoms with Gasteiger partial charge in [-0.25, -0.2) is 0 Å². The SMILES string of the molecule is C[C@H](CC[C@@H](O[C@@H]1O[C@H](CO)[C@@H](O)[C@H](O)[C@H]1O[C@H]1O[C@@H](CO)[C@H](O)[C@@H](O)[C@@H]1O)C(C)(C)O)C1CC[C@@]2(C)C3CC=C4C(CC[C@H](O[C@@H]5O[C@H](CO)[C@@H](CO[C@H]6O[C@H](CO)[C@@H](O)[C@H](O)[C@H]6O)[C@H](O)[C@H]5O)C4(C)C)[C@]3(C)[C@H](O)C[C@]12C. The zero-order chi connectivity index (χ0) is 58.2. The fraction of sp³-hybridized carbons (Fsp3) is 0.964. The standard InChI is InChI=1S/C55H94O24/c1-23(9-13-35(52(4,5)71)78-50-46(42(67)39(64)31(21-59)76-50)79-49-45(70)41(66)38(63)30(20-58)75-49)25-15-16-53(6)32-12-10-26-27(55(32,8)33(60)17-54(25,53)7)11-14-34(51(26,2)3)77-48-43(68)36(61)24(28(18-56)73-48)22-72-47-44(69)40(65)37(62)29(19-57)74-47/h10,23-25,27-50,56-71H,9,11-22H2,1-8H3/t23-,24-,25?,27?,28-,29-,30+,31-,32?,33-,34+,35-,36+,37-,38+,39-,40+,41-,42+,43-,44-,45+,46-,47+,48+,49-,50+,53+,54-,55+/m1/s1. The lowest BCUT2D eigenvalue weighted by molar-refractivity contribution is -0.375. The fourth-order valence-corrected chi connectivity index (χ4v) is 16.0. The Balaban J connectivity index is 0.931. The second kappa shape index (κ2) is 24.3. The molecule has 4 aliphatic heterocycles. The van der Waals surface area contributed by atoms with E-state index in [2.05, 4.69) is 47.6 Å². The van der Waals surface area contributed by atoms with Gasteiger partial charge in [0, 0.05) is 16.7 Å². The lowest BCUT2D eigenvalue weighted by atomic mass is 9.38. The Kier molecular flexibility index (Phi) is 19.6. The topological polar surface area (TPSA) is 398 Å². The molecule has 24 heteroatoms. The van der Waals surface area contributed by atoms with Gasteiger partial charge in [0.2, 0.25) is 0 Å². The van der Waals surface area contributed by atoms with E-state index >= 15 is 0 Å². The summed E-state index contributed by atoms with van der Waals surface area (Å²) in [6, 6.07) is 0. The van der Waals surface area contributed by atoms with Crippen molar-refractivity contribution in [3.05, 3.63) is 11.6 Å². The predicted octanol–water partition coefficient (Wildman–Crippen LogP) is -2.98. The fourth-order valence-electron chi connectivity index (χ4n) is 16.0. The molecule has 24 nitrogen and oxygen atoms in total. The highest BCUT2D eigenvalue weighted by Crippen LogP contribution is 2.75. The largest absolute Gasteiger partial charge is 0.394 e. The van der Waals surface area contributed by atoms with E-state index < -0.39 is 190 Å². The van der Waals surface area contributed by atoms with E-state index in [0.717, 1.165) is 18.4 Å².